The van der Waals surface area contributed by atoms with E-state index in [2.05, 4.69) is 38.2 Å². The fourth-order valence-corrected chi connectivity index (χ4v) is 3.35. The van der Waals surface area contributed by atoms with E-state index in [4.69, 9.17) is 0 Å². The molecule has 2 aromatic rings. The van der Waals surface area contributed by atoms with Crippen LogP contribution in [0.3, 0.4) is 0 Å². The van der Waals surface area contributed by atoms with Gasteiger partial charge in [-0.25, -0.2) is 4.39 Å². The maximum atomic E-state index is 14.1. The van der Waals surface area contributed by atoms with Crippen molar-refractivity contribution >= 4 is 11.3 Å². The maximum Gasteiger partial charge on any atom is 0.128 e. The highest BCUT2D eigenvalue weighted by Gasteiger charge is 2.22. The van der Waals surface area contributed by atoms with Gasteiger partial charge in [0.2, 0.25) is 0 Å². The molecule has 0 saturated heterocycles. The predicted molar refractivity (Wildman–Crippen MR) is 84.9 cm³/mol. The highest BCUT2D eigenvalue weighted by molar-refractivity contribution is 7.12. The van der Waals surface area contributed by atoms with Crippen LogP contribution in [-0.4, -0.2) is 6.54 Å². The first-order chi connectivity index (χ1) is 9.43. The van der Waals surface area contributed by atoms with Crippen molar-refractivity contribution in [3.05, 3.63) is 57.5 Å². The summed E-state index contributed by atoms with van der Waals surface area (Å²) in [5, 5.41) is 3.39. The van der Waals surface area contributed by atoms with E-state index in [-0.39, 0.29) is 17.3 Å². The molecule has 0 fully saturated rings. The van der Waals surface area contributed by atoms with Gasteiger partial charge in [0.15, 0.2) is 0 Å². The first-order valence-electron chi connectivity index (χ1n) is 7.01. The highest BCUT2D eigenvalue weighted by atomic mass is 32.1. The van der Waals surface area contributed by atoms with Crippen LogP contribution in [0.2, 0.25) is 0 Å². The first-order valence-corrected chi connectivity index (χ1v) is 7.83. The SMILES string of the molecule is CCNC(c1ccc(C(C)(C)C)s1)c1ccccc1F. The Hall–Kier alpha value is -1.19. The zero-order valence-corrected chi connectivity index (χ0v) is 13.4. The Bertz CT molecular complexity index is 568. The molecule has 1 heterocycles. The molecule has 0 aliphatic heterocycles. The average Bonchev–Trinajstić information content (AvgIpc) is 2.86. The Morgan fingerprint density at radius 1 is 1.15 bits per heavy atom. The third-order valence-corrected chi connectivity index (χ3v) is 4.85. The Kier molecular flexibility index (Phi) is 4.61. The van der Waals surface area contributed by atoms with Crippen LogP contribution in [0.4, 0.5) is 4.39 Å². The molecule has 0 amide bonds. The zero-order valence-electron chi connectivity index (χ0n) is 12.5. The molecule has 108 valence electrons. The van der Waals surface area contributed by atoms with Crippen LogP contribution in [-0.2, 0) is 5.41 Å². The lowest BCUT2D eigenvalue weighted by Crippen LogP contribution is -2.22. The summed E-state index contributed by atoms with van der Waals surface area (Å²) in [5.41, 5.74) is 0.853. The Morgan fingerprint density at radius 3 is 2.40 bits per heavy atom. The molecule has 0 radical (unpaired) electrons. The van der Waals surface area contributed by atoms with Gasteiger partial charge in [-0.05, 0) is 30.2 Å². The number of hydrogen-bond donors (Lipinski definition) is 1. The van der Waals surface area contributed by atoms with E-state index in [1.165, 1.54) is 15.8 Å². The van der Waals surface area contributed by atoms with Crippen LogP contribution in [0.25, 0.3) is 0 Å². The fraction of sp³-hybridized carbons (Fsp3) is 0.412. The summed E-state index contributed by atoms with van der Waals surface area (Å²) in [6.45, 7) is 9.46. The number of thiophene rings is 1. The van der Waals surface area contributed by atoms with Crippen LogP contribution >= 0.6 is 11.3 Å². The Balaban J connectivity index is 2.39. The van der Waals surface area contributed by atoms with E-state index in [0.717, 1.165) is 12.1 Å². The molecule has 20 heavy (non-hydrogen) atoms. The summed E-state index contributed by atoms with van der Waals surface area (Å²) in [4.78, 5) is 2.49. The van der Waals surface area contributed by atoms with Crippen LogP contribution in [0.5, 0.6) is 0 Å². The molecule has 0 saturated carbocycles. The van der Waals surface area contributed by atoms with Crippen LogP contribution in [0.1, 0.15) is 49.1 Å². The van der Waals surface area contributed by atoms with Crippen molar-refractivity contribution in [1.82, 2.24) is 5.32 Å². The summed E-state index contributed by atoms with van der Waals surface area (Å²) in [7, 11) is 0. The summed E-state index contributed by atoms with van der Waals surface area (Å²) >= 11 is 1.76. The van der Waals surface area contributed by atoms with Crippen molar-refractivity contribution < 1.29 is 4.39 Å². The normalized spacial score (nSPS) is 13.4. The molecule has 1 unspecified atom stereocenters. The van der Waals surface area contributed by atoms with Gasteiger partial charge in [0.05, 0.1) is 6.04 Å². The molecule has 1 aromatic carbocycles. The van der Waals surface area contributed by atoms with Gasteiger partial charge in [-0.1, -0.05) is 45.9 Å². The minimum Gasteiger partial charge on any atom is -0.306 e. The molecule has 1 nitrogen and oxygen atoms in total. The summed E-state index contributed by atoms with van der Waals surface area (Å²) in [6.07, 6.45) is 0. The molecule has 2 rings (SSSR count). The molecule has 1 N–H and O–H groups in total. The van der Waals surface area contributed by atoms with Gasteiger partial charge >= 0.3 is 0 Å². The quantitative estimate of drug-likeness (QED) is 0.846. The van der Waals surface area contributed by atoms with Gasteiger partial charge in [0, 0.05) is 15.3 Å². The average molecular weight is 291 g/mol. The second-order valence-electron chi connectivity index (χ2n) is 5.96. The number of benzene rings is 1. The Labute approximate surface area is 124 Å². The molecule has 0 aliphatic carbocycles. The lowest BCUT2D eigenvalue weighted by atomic mass is 9.95. The number of hydrogen-bond acceptors (Lipinski definition) is 2. The minimum absolute atomic E-state index is 0.0673. The fourth-order valence-electron chi connectivity index (χ4n) is 2.19. The van der Waals surface area contributed by atoms with Gasteiger partial charge in [-0.3, -0.25) is 0 Å². The minimum atomic E-state index is -0.149. The van der Waals surface area contributed by atoms with Crippen molar-refractivity contribution in [2.75, 3.05) is 6.54 Å². The monoisotopic (exact) mass is 291 g/mol. The van der Waals surface area contributed by atoms with Crippen molar-refractivity contribution in [2.24, 2.45) is 0 Å². The van der Waals surface area contributed by atoms with Gasteiger partial charge < -0.3 is 5.32 Å². The topological polar surface area (TPSA) is 12.0 Å². The molecule has 0 bridgehead atoms. The van der Waals surface area contributed by atoms with Gasteiger partial charge in [0.25, 0.3) is 0 Å². The van der Waals surface area contributed by atoms with Gasteiger partial charge in [0.1, 0.15) is 5.82 Å². The molecule has 1 aromatic heterocycles. The zero-order chi connectivity index (χ0) is 14.8. The van der Waals surface area contributed by atoms with E-state index in [0.29, 0.717) is 0 Å². The molecular weight excluding hydrogens is 269 g/mol. The van der Waals surface area contributed by atoms with E-state index in [9.17, 15) is 4.39 Å². The number of nitrogens with one attached hydrogen (secondary N) is 1. The van der Waals surface area contributed by atoms with Crippen LogP contribution in [0.15, 0.2) is 36.4 Å². The smallest absolute Gasteiger partial charge is 0.128 e. The van der Waals surface area contributed by atoms with E-state index < -0.39 is 0 Å². The van der Waals surface area contributed by atoms with E-state index >= 15 is 0 Å². The molecular formula is C17H22FNS. The van der Waals surface area contributed by atoms with Crippen LogP contribution < -0.4 is 5.32 Å². The van der Waals surface area contributed by atoms with Crippen molar-refractivity contribution in [2.45, 2.75) is 39.2 Å². The lowest BCUT2D eigenvalue weighted by molar-refractivity contribution is 0.563. The van der Waals surface area contributed by atoms with E-state index in [1.807, 2.05) is 19.1 Å². The van der Waals surface area contributed by atoms with Gasteiger partial charge in [-0.2, -0.15) is 0 Å². The second-order valence-corrected chi connectivity index (χ2v) is 7.08. The first kappa shape index (κ1) is 15.2. The molecule has 0 spiro atoms. The molecule has 1 atom stereocenters. The molecule has 3 heteroatoms. The standard InChI is InChI=1S/C17H22FNS/c1-5-19-16(12-8-6-7-9-13(12)18)14-10-11-15(20-14)17(2,3)4/h6-11,16,19H,5H2,1-4H3. The number of rotatable bonds is 4. The van der Waals surface area contributed by atoms with E-state index in [1.54, 1.807) is 17.4 Å². The molecule has 0 aliphatic rings. The Morgan fingerprint density at radius 2 is 1.85 bits per heavy atom. The second kappa shape index (κ2) is 6.06. The van der Waals surface area contributed by atoms with Crippen molar-refractivity contribution in [1.29, 1.82) is 0 Å². The maximum absolute atomic E-state index is 14.1. The largest absolute Gasteiger partial charge is 0.306 e. The van der Waals surface area contributed by atoms with Crippen molar-refractivity contribution in [3.8, 4) is 0 Å². The van der Waals surface area contributed by atoms with Crippen molar-refractivity contribution in [3.63, 3.8) is 0 Å². The summed E-state index contributed by atoms with van der Waals surface area (Å²) in [5.74, 6) is -0.149. The van der Waals surface area contributed by atoms with Crippen LogP contribution in [0, 0.1) is 5.82 Å². The predicted octanol–water partition coefficient (Wildman–Crippen LogP) is 4.88. The lowest BCUT2D eigenvalue weighted by Gasteiger charge is -2.19. The highest BCUT2D eigenvalue weighted by Crippen LogP contribution is 2.35. The van der Waals surface area contributed by atoms with Gasteiger partial charge in [-0.15, -0.1) is 11.3 Å². The summed E-state index contributed by atoms with van der Waals surface area (Å²) in [6, 6.07) is 11.2. The third kappa shape index (κ3) is 3.28. The third-order valence-electron chi connectivity index (χ3n) is 3.27. The number of halogens is 1. The summed E-state index contributed by atoms with van der Waals surface area (Å²) < 4.78 is 14.1.